The Balaban J connectivity index is 1.65. The number of amides is 2. The van der Waals surface area contributed by atoms with Crippen LogP contribution in [0.4, 0.5) is 5.69 Å². The molecule has 1 aromatic heterocycles. The summed E-state index contributed by atoms with van der Waals surface area (Å²) in [6.07, 6.45) is 0. The molecule has 3 aromatic rings. The molecule has 0 saturated heterocycles. The average Bonchev–Trinajstić information content (AvgIpc) is 3.15. The molecule has 0 saturated carbocycles. The van der Waals surface area contributed by atoms with E-state index in [1.54, 1.807) is 13.1 Å². The fourth-order valence-corrected chi connectivity index (χ4v) is 3.03. The van der Waals surface area contributed by atoms with E-state index in [2.05, 4.69) is 31.4 Å². The Hall–Kier alpha value is -2.93. The van der Waals surface area contributed by atoms with E-state index in [1.165, 1.54) is 4.90 Å². The molecule has 0 aliphatic carbocycles. The zero-order valence-corrected chi connectivity index (χ0v) is 17.5. The molecule has 0 spiro atoms. The molecule has 0 atom stereocenters. The number of hydrogen-bond donors (Lipinski definition) is 2. The minimum absolute atomic E-state index is 0.0567. The molecule has 0 aliphatic rings. The molecule has 0 bridgehead atoms. The molecule has 0 radical (unpaired) electrons. The molecule has 2 aromatic carbocycles. The Kier molecular flexibility index (Phi) is 5.94. The van der Waals surface area contributed by atoms with Crippen molar-refractivity contribution in [3.8, 4) is 11.3 Å². The minimum Gasteiger partial charge on any atom is -0.331 e. The number of carbonyl (C=O) groups excluding carboxylic acids is 2. The van der Waals surface area contributed by atoms with Crippen LogP contribution in [-0.4, -0.2) is 40.5 Å². The van der Waals surface area contributed by atoms with Gasteiger partial charge in [-0.25, -0.2) is 0 Å². The molecule has 0 aliphatic heterocycles. The van der Waals surface area contributed by atoms with Gasteiger partial charge in [0.2, 0.25) is 5.91 Å². The Morgan fingerprint density at radius 1 is 1.14 bits per heavy atom. The van der Waals surface area contributed by atoms with Crippen molar-refractivity contribution < 1.29 is 9.59 Å². The summed E-state index contributed by atoms with van der Waals surface area (Å²) in [5.41, 5.74) is 4.76. The van der Waals surface area contributed by atoms with Crippen LogP contribution in [0.15, 0.2) is 53.0 Å². The first-order valence-electron chi connectivity index (χ1n) is 8.78. The van der Waals surface area contributed by atoms with E-state index >= 15 is 0 Å². The summed E-state index contributed by atoms with van der Waals surface area (Å²) in [5.74, 6) is -0.552. The lowest BCUT2D eigenvalue weighted by molar-refractivity contribution is -0.116. The van der Waals surface area contributed by atoms with Gasteiger partial charge in [-0.1, -0.05) is 40.2 Å². The predicted octanol–water partition coefficient (Wildman–Crippen LogP) is 4.17. The zero-order valence-electron chi connectivity index (χ0n) is 15.9. The summed E-state index contributed by atoms with van der Waals surface area (Å²) in [4.78, 5) is 26.3. The number of rotatable bonds is 5. The number of carbonyl (C=O) groups is 2. The van der Waals surface area contributed by atoms with Crippen LogP contribution >= 0.6 is 15.9 Å². The minimum atomic E-state index is -0.299. The quantitative estimate of drug-likeness (QED) is 0.624. The van der Waals surface area contributed by atoms with Crippen molar-refractivity contribution in [3.05, 3.63) is 69.8 Å². The summed E-state index contributed by atoms with van der Waals surface area (Å²) < 4.78 is 0.970. The number of H-pyrrole nitrogens is 1. The lowest BCUT2D eigenvalue weighted by atomic mass is 10.1. The number of anilines is 1. The van der Waals surface area contributed by atoms with Crippen molar-refractivity contribution in [2.45, 2.75) is 13.8 Å². The van der Waals surface area contributed by atoms with Gasteiger partial charge >= 0.3 is 0 Å². The molecule has 0 fully saturated rings. The van der Waals surface area contributed by atoms with Crippen molar-refractivity contribution in [3.63, 3.8) is 0 Å². The second-order valence-corrected chi connectivity index (χ2v) is 7.55. The molecule has 7 heteroatoms. The Morgan fingerprint density at radius 3 is 2.57 bits per heavy atom. The summed E-state index contributed by atoms with van der Waals surface area (Å²) in [5, 5.41) is 9.82. The lowest BCUT2D eigenvalue weighted by Crippen LogP contribution is -2.35. The predicted molar refractivity (Wildman–Crippen MR) is 113 cm³/mol. The van der Waals surface area contributed by atoms with Crippen LogP contribution in [0.5, 0.6) is 0 Å². The topological polar surface area (TPSA) is 78.1 Å². The SMILES string of the molecule is Cc1cccc(NC(=O)CN(C)C(=O)c2cc(-c3ccc(Br)cc3)n[nH]2)c1C. The number of likely N-dealkylation sites (N-methyl/N-ethyl adjacent to an activating group) is 1. The largest absolute Gasteiger partial charge is 0.331 e. The number of aromatic amines is 1. The van der Waals surface area contributed by atoms with Crippen molar-refractivity contribution >= 4 is 33.4 Å². The molecule has 6 nitrogen and oxygen atoms in total. The van der Waals surface area contributed by atoms with Crippen molar-refractivity contribution in [1.29, 1.82) is 0 Å². The maximum absolute atomic E-state index is 12.6. The number of benzene rings is 2. The normalized spacial score (nSPS) is 10.6. The molecular weight excluding hydrogens is 420 g/mol. The van der Waals surface area contributed by atoms with Crippen LogP contribution < -0.4 is 5.32 Å². The molecule has 3 rings (SSSR count). The molecule has 1 heterocycles. The van der Waals surface area contributed by atoms with Gasteiger partial charge in [0.25, 0.3) is 5.91 Å². The average molecular weight is 441 g/mol. The van der Waals surface area contributed by atoms with Gasteiger partial charge < -0.3 is 10.2 Å². The number of hydrogen-bond acceptors (Lipinski definition) is 3. The van der Waals surface area contributed by atoms with Crippen LogP contribution in [0.3, 0.4) is 0 Å². The number of halogens is 1. The maximum atomic E-state index is 12.6. The third-order valence-corrected chi connectivity index (χ3v) is 5.08. The zero-order chi connectivity index (χ0) is 20.3. The molecule has 2 N–H and O–H groups in total. The van der Waals surface area contributed by atoms with Crippen molar-refractivity contribution in [2.24, 2.45) is 0 Å². The number of aromatic nitrogens is 2. The number of nitrogens with zero attached hydrogens (tertiary/aromatic N) is 2. The molecule has 144 valence electrons. The number of aryl methyl sites for hydroxylation is 1. The van der Waals surface area contributed by atoms with E-state index in [0.29, 0.717) is 11.4 Å². The fourth-order valence-electron chi connectivity index (χ4n) is 2.77. The lowest BCUT2D eigenvalue weighted by Gasteiger charge is -2.17. The maximum Gasteiger partial charge on any atom is 0.272 e. The van der Waals surface area contributed by atoms with Gasteiger partial charge in [-0.15, -0.1) is 0 Å². The van der Waals surface area contributed by atoms with E-state index in [0.717, 1.165) is 26.9 Å². The summed E-state index contributed by atoms with van der Waals surface area (Å²) in [6.45, 7) is 3.88. The summed E-state index contributed by atoms with van der Waals surface area (Å²) in [6, 6.07) is 15.1. The smallest absolute Gasteiger partial charge is 0.272 e. The summed E-state index contributed by atoms with van der Waals surface area (Å²) >= 11 is 3.39. The molecule has 2 amide bonds. The van der Waals surface area contributed by atoms with Crippen LogP contribution in [0, 0.1) is 13.8 Å². The van der Waals surface area contributed by atoms with Gasteiger partial charge in [-0.05, 0) is 49.2 Å². The van der Waals surface area contributed by atoms with E-state index in [-0.39, 0.29) is 18.4 Å². The molecule has 28 heavy (non-hydrogen) atoms. The van der Waals surface area contributed by atoms with Gasteiger partial charge in [0.05, 0.1) is 12.2 Å². The molecule has 0 unspecified atom stereocenters. The highest BCUT2D eigenvalue weighted by molar-refractivity contribution is 9.10. The van der Waals surface area contributed by atoms with Crippen LogP contribution in [0.2, 0.25) is 0 Å². The first-order chi connectivity index (χ1) is 13.3. The third-order valence-electron chi connectivity index (χ3n) is 4.55. The van der Waals surface area contributed by atoms with Crippen molar-refractivity contribution in [2.75, 3.05) is 18.9 Å². The Morgan fingerprint density at radius 2 is 1.86 bits per heavy atom. The fraction of sp³-hybridized carbons (Fsp3) is 0.190. The highest BCUT2D eigenvalue weighted by atomic mass is 79.9. The van der Waals surface area contributed by atoms with Gasteiger partial charge in [-0.2, -0.15) is 5.10 Å². The van der Waals surface area contributed by atoms with Crippen molar-refractivity contribution in [1.82, 2.24) is 15.1 Å². The highest BCUT2D eigenvalue weighted by Gasteiger charge is 2.18. The van der Waals surface area contributed by atoms with E-state index < -0.39 is 0 Å². The van der Waals surface area contributed by atoms with Gasteiger partial charge in [0.1, 0.15) is 5.69 Å². The monoisotopic (exact) mass is 440 g/mol. The third kappa shape index (κ3) is 4.48. The van der Waals surface area contributed by atoms with Gasteiger partial charge in [0.15, 0.2) is 0 Å². The first kappa shape index (κ1) is 19.8. The van der Waals surface area contributed by atoms with Crippen LogP contribution in [0.25, 0.3) is 11.3 Å². The second-order valence-electron chi connectivity index (χ2n) is 6.63. The van der Waals surface area contributed by atoms with Gasteiger partial charge in [-0.3, -0.25) is 14.7 Å². The van der Waals surface area contributed by atoms with E-state index in [9.17, 15) is 9.59 Å². The highest BCUT2D eigenvalue weighted by Crippen LogP contribution is 2.21. The second kappa shape index (κ2) is 8.39. The van der Waals surface area contributed by atoms with Crippen LogP contribution in [-0.2, 0) is 4.79 Å². The summed E-state index contributed by atoms with van der Waals surface area (Å²) in [7, 11) is 1.59. The Labute approximate surface area is 172 Å². The number of nitrogens with one attached hydrogen (secondary N) is 2. The van der Waals surface area contributed by atoms with E-state index in [4.69, 9.17) is 0 Å². The van der Waals surface area contributed by atoms with E-state index in [1.807, 2.05) is 56.3 Å². The van der Waals surface area contributed by atoms with Crippen LogP contribution in [0.1, 0.15) is 21.6 Å². The standard InChI is InChI=1S/C21H21BrN4O2/c1-13-5-4-6-17(14(13)2)23-20(27)12-26(3)21(28)19-11-18(24-25-19)15-7-9-16(22)10-8-15/h4-11H,12H2,1-3H3,(H,23,27)(H,24,25). The van der Waals surface area contributed by atoms with Gasteiger partial charge in [0, 0.05) is 22.8 Å². The molecular formula is C21H21BrN4O2. The Bertz CT molecular complexity index is 1010. The first-order valence-corrected chi connectivity index (χ1v) is 9.57.